The van der Waals surface area contributed by atoms with Gasteiger partial charge in [0.15, 0.2) is 6.29 Å². The van der Waals surface area contributed by atoms with E-state index in [1.165, 1.54) is 0 Å². The van der Waals surface area contributed by atoms with Gasteiger partial charge in [-0.05, 0) is 29.5 Å². The van der Waals surface area contributed by atoms with E-state index < -0.39 is 60.5 Å². The molecule has 284 valence electrons. The molecule has 3 aromatic rings. The zero-order valence-electron chi connectivity index (χ0n) is 28.8. The fourth-order valence-corrected chi connectivity index (χ4v) is 5.74. The fraction of sp³-hybridized carbons (Fsp3) is 0.421. The minimum absolute atomic E-state index is 0.0382. The van der Waals surface area contributed by atoms with Gasteiger partial charge in [-0.25, -0.2) is 4.79 Å². The summed E-state index contributed by atoms with van der Waals surface area (Å²) in [7, 11) is 0. The van der Waals surface area contributed by atoms with Crippen molar-refractivity contribution < 1.29 is 60.9 Å². The quantitative estimate of drug-likeness (QED) is 0.141. The van der Waals surface area contributed by atoms with Crippen molar-refractivity contribution in [2.24, 2.45) is 0 Å². The molecule has 2 aliphatic rings. The van der Waals surface area contributed by atoms with Gasteiger partial charge in [-0.1, -0.05) is 91.0 Å². The van der Waals surface area contributed by atoms with Gasteiger partial charge in [0.05, 0.1) is 26.4 Å². The highest BCUT2D eigenvalue weighted by Gasteiger charge is 2.51. The Morgan fingerprint density at radius 3 is 1.81 bits per heavy atom. The molecule has 5 atom stereocenters. The van der Waals surface area contributed by atoms with Crippen molar-refractivity contribution in [3.63, 3.8) is 0 Å². The van der Waals surface area contributed by atoms with Crippen LogP contribution < -0.4 is 5.32 Å². The van der Waals surface area contributed by atoms with Gasteiger partial charge in [-0.15, -0.1) is 5.06 Å². The lowest BCUT2D eigenvalue weighted by Gasteiger charge is -2.46. The van der Waals surface area contributed by atoms with Gasteiger partial charge < -0.3 is 33.8 Å². The van der Waals surface area contributed by atoms with Gasteiger partial charge in [-0.2, -0.15) is 13.2 Å². The van der Waals surface area contributed by atoms with Gasteiger partial charge in [-0.3, -0.25) is 14.4 Å². The number of nitrogens with zero attached hydrogens (tertiary/aromatic N) is 1. The predicted molar refractivity (Wildman–Crippen MR) is 180 cm³/mol. The van der Waals surface area contributed by atoms with Crippen LogP contribution in [-0.4, -0.2) is 78.8 Å². The van der Waals surface area contributed by atoms with Crippen LogP contribution in [0.25, 0.3) is 0 Å². The number of nitrogens with one attached hydrogen (secondary N) is 1. The van der Waals surface area contributed by atoms with E-state index in [1.807, 2.05) is 72.0 Å². The maximum Gasteiger partial charge on any atom is 0.471 e. The Labute approximate surface area is 304 Å². The highest BCUT2D eigenvalue weighted by atomic mass is 19.4. The number of hydroxylamine groups is 2. The first-order valence-electron chi connectivity index (χ1n) is 17.2. The first kappa shape index (κ1) is 39.5. The molecule has 2 saturated heterocycles. The lowest BCUT2D eigenvalue weighted by molar-refractivity contribution is -0.291. The standard InChI is InChI=1S/C38H41F3N2O10/c39-38(40,41)37(47)42-33-35(51-24-28-16-8-3-9-17-28)34(50-23-27-14-6-2-7-15-27)29(25-48-22-26-12-4-1-5-13-26)52-36(33)49-21-11-10-18-32(46)53-43-30(44)19-20-31(43)45/h1-9,12-17,29,33-36H,10-11,18-25H2,(H,42,47)/t29?,33?,34-,35?,36+/m0/s1. The number of amides is 3. The summed E-state index contributed by atoms with van der Waals surface area (Å²) < 4.78 is 72.1. The Morgan fingerprint density at radius 1 is 0.736 bits per heavy atom. The highest BCUT2D eigenvalue weighted by molar-refractivity contribution is 6.01. The minimum Gasteiger partial charge on any atom is -0.374 e. The minimum atomic E-state index is -5.23. The summed E-state index contributed by atoms with van der Waals surface area (Å²) in [5.41, 5.74) is 2.38. The van der Waals surface area contributed by atoms with Gasteiger partial charge in [0.2, 0.25) is 0 Å². The molecular weight excluding hydrogens is 701 g/mol. The Hall–Kier alpha value is -4.67. The molecule has 0 aromatic heterocycles. The first-order chi connectivity index (χ1) is 25.6. The molecule has 2 aliphatic heterocycles. The number of hydrogen-bond donors (Lipinski definition) is 1. The second-order valence-electron chi connectivity index (χ2n) is 12.4. The second kappa shape index (κ2) is 19.4. The third kappa shape index (κ3) is 11.9. The molecule has 3 amide bonds. The van der Waals surface area contributed by atoms with Crippen molar-refractivity contribution in [3.05, 3.63) is 108 Å². The molecule has 2 fully saturated rings. The van der Waals surface area contributed by atoms with E-state index in [4.69, 9.17) is 28.5 Å². The Kier molecular flexibility index (Phi) is 14.5. The van der Waals surface area contributed by atoms with Gasteiger partial charge >= 0.3 is 18.1 Å². The third-order valence-corrected chi connectivity index (χ3v) is 8.42. The monoisotopic (exact) mass is 742 g/mol. The number of alkyl halides is 3. The third-order valence-electron chi connectivity index (χ3n) is 8.42. The molecule has 2 heterocycles. The van der Waals surface area contributed by atoms with Crippen molar-refractivity contribution in [3.8, 4) is 0 Å². The zero-order chi connectivity index (χ0) is 37.6. The van der Waals surface area contributed by atoms with E-state index in [2.05, 4.69) is 0 Å². The number of ether oxygens (including phenoxy) is 5. The molecule has 5 rings (SSSR count). The highest BCUT2D eigenvalue weighted by Crippen LogP contribution is 2.30. The number of halogens is 3. The number of carbonyl (C=O) groups excluding carboxylic acids is 4. The largest absolute Gasteiger partial charge is 0.471 e. The summed E-state index contributed by atoms with van der Waals surface area (Å²) in [4.78, 5) is 53.1. The summed E-state index contributed by atoms with van der Waals surface area (Å²) in [6.45, 7) is 0.0245. The number of benzene rings is 3. The molecule has 3 unspecified atom stereocenters. The SMILES string of the molecule is O=C(CCCCO[C@@H]1OC(COCc2ccccc2)[C@H](OCc2ccccc2)C(OCc2ccccc2)C1NC(=O)C(F)(F)F)ON1C(=O)CCC1=O. The average Bonchev–Trinajstić information content (AvgIpc) is 3.47. The molecule has 15 heteroatoms. The van der Waals surface area contributed by atoms with Gasteiger partial charge in [0.25, 0.3) is 11.8 Å². The number of carbonyl (C=O) groups is 4. The van der Waals surface area contributed by atoms with Crippen molar-refractivity contribution in [2.45, 2.75) is 88.7 Å². The van der Waals surface area contributed by atoms with E-state index >= 15 is 0 Å². The van der Waals surface area contributed by atoms with Crippen LogP contribution in [0.3, 0.4) is 0 Å². The van der Waals surface area contributed by atoms with Crippen LogP contribution in [0, 0.1) is 0 Å². The van der Waals surface area contributed by atoms with Crippen LogP contribution in [0.1, 0.15) is 48.8 Å². The maximum atomic E-state index is 13.7. The van der Waals surface area contributed by atoms with Crippen molar-refractivity contribution in [1.82, 2.24) is 10.4 Å². The Balaban J connectivity index is 1.35. The van der Waals surface area contributed by atoms with Crippen LogP contribution in [0.5, 0.6) is 0 Å². The Bertz CT molecular complexity index is 1620. The molecule has 0 saturated carbocycles. The van der Waals surface area contributed by atoms with Crippen LogP contribution >= 0.6 is 0 Å². The molecule has 3 aromatic carbocycles. The van der Waals surface area contributed by atoms with E-state index in [0.717, 1.165) is 16.7 Å². The molecule has 53 heavy (non-hydrogen) atoms. The number of imide groups is 1. The first-order valence-corrected chi connectivity index (χ1v) is 17.2. The van der Waals surface area contributed by atoms with E-state index in [9.17, 15) is 32.3 Å². The maximum absolute atomic E-state index is 13.7. The number of rotatable bonds is 18. The van der Waals surface area contributed by atoms with Crippen LogP contribution in [-0.2, 0) is 67.5 Å². The normalized spacial score (nSPS) is 21.8. The molecule has 0 radical (unpaired) electrons. The second-order valence-corrected chi connectivity index (χ2v) is 12.4. The smallest absolute Gasteiger partial charge is 0.374 e. The Morgan fingerprint density at radius 2 is 1.26 bits per heavy atom. The predicted octanol–water partition coefficient (Wildman–Crippen LogP) is 4.94. The van der Waals surface area contributed by atoms with Crippen LogP contribution in [0.15, 0.2) is 91.0 Å². The van der Waals surface area contributed by atoms with Crippen molar-refractivity contribution in [2.75, 3.05) is 13.2 Å². The summed E-state index contributed by atoms with van der Waals surface area (Å²) in [6, 6.07) is 25.9. The van der Waals surface area contributed by atoms with Gasteiger partial charge in [0.1, 0.15) is 24.4 Å². The topological polar surface area (TPSA) is 139 Å². The van der Waals surface area contributed by atoms with E-state index in [1.54, 1.807) is 24.3 Å². The number of hydrogen-bond acceptors (Lipinski definition) is 10. The summed E-state index contributed by atoms with van der Waals surface area (Å²) in [6.07, 6.45) is -9.76. The molecule has 0 bridgehead atoms. The summed E-state index contributed by atoms with van der Waals surface area (Å²) in [5.74, 6) is -4.24. The van der Waals surface area contributed by atoms with Crippen LogP contribution in [0.2, 0.25) is 0 Å². The molecule has 12 nitrogen and oxygen atoms in total. The lowest BCUT2D eigenvalue weighted by Crippen LogP contribution is -2.67. The van der Waals surface area contributed by atoms with Crippen molar-refractivity contribution >= 4 is 23.7 Å². The molecule has 1 N–H and O–H groups in total. The zero-order valence-corrected chi connectivity index (χ0v) is 28.8. The fourth-order valence-electron chi connectivity index (χ4n) is 5.74. The van der Waals surface area contributed by atoms with Gasteiger partial charge in [0, 0.05) is 25.9 Å². The molecule has 0 aliphatic carbocycles. The number of unbranched alkanes of at least 4 members (excludes halogenated alkanes) is 1. The van der Waals surface area contributed by atoms with Crippen molar-refractivity contribution in [1.29, 1.82) is 0 Å². The van der Waals surface area contributed by atoms with E-state index in [0.29, 0.717) is 5.06 Å². The summed E-state index contributed by atoms with van der Waals surface area (Å²) in [5, 5.41) is 2.48. The molecule has 0 spiro atoms. The van der Waals surface area contributed by atoms with Crippen LogP contribution in [0.4, 0.5) is 13.2 Å². The molecular formula is C38H41F3N2O10. The van der Waals surface area contributed by atoms with E-state index in [-0.39, 0.29) is 65.1 Å². The average molecular weight is 743 g/mol. The summed E-state index contributed by atoms with van der Waals surface area (Å²) >= 11 is 0. The lowest BCUT2D eigenvalue weighted by atomic mass is 9.95.